The Morgan fingerprint density at radius 1 is 1.25 bits per heavy atom. The summed E-state index contributed by atoms with van der Waals surface area (Å²) < 4.78 is 0. The molecule has 0 saturated heterocycles. The molecule has 1 aromatic carbocycles. The van der Waals surface area contributed by atoms with Gasteiger partial charge in [-0.05, 0) is 42.7 Å². The molecule has 0 bridgehead atoms. The number of carboxylic acid groups (broad SMARTS) is 1. The lowest BCUT2D eigenvalue weighted by atomic mass is 9.87. The zero-order valence-electron chi connectivity index (χ0n) is 13.5. The molecule has 124 valence electrons. The Balaban J connectivity index is 2.76. The van der Waals surface area contributed by atoms with Crippen LogP contribution in [0.5, 0.6) is 0 Å². The Hall–Kier alpha value is -3.02. The molecule has 6 heteroatoms. The SMILES string of the molecule is CCCc1c(C(=O)O)cc(C(=O)c2cccnc2)c(C)c1C(N)=O. The predicted octanol–water partition coefficient (Wildman–Crippen LogP) is 2.37. The summed E-state index contributed by atoms with van der Waals surface area (Å²) >= 11 is 0. The molecule has 0 fully saturated rings. The average molecular weight is 326 g/mol. The first-order valence-electron chi connectivity index (χ1n) is 7.52. The Morgan fingerprint density at radius 3 is 2.46 bits per heavy atom. The summed E-state index contributed by atoms with van der Waals surface area (Å²) in [6.07, 6.45) is 3.97. The molecular formula is C18H18N2O4. The van der Waals surface area contributed by atoms with Gasteiger partial charge in [-0.2, -0.15) is 0 Å². The van der Waals surface area contributed by atoms with Crippen LogP contribution in [0.15, 0.2) is 30.6 Å². The van der Waals surface area contributed by atoms with Crippen molar-refractivity contribution in [1.82, 2.24) is 4.98 Å². The summed E-state index contributed by atoms with van der Waals surface area (Å²) in [5, 5.41) is 9.49. The zero-order valence-corrected chi connectivity index (χ0v) is 13.5. The van der Waals surface area contributed by atoms with Gasteiger partial charge in [0.1, 0.15) is 0 Å². The van der Waals surface area contributed by atoms with E-state index in [9.17, 15) is 19.5 Å². The second kappa shape index (κ2) is 7.04. The number of rotatable bonds is 6. The van der Waals surface area contributed by atoms with E-state index in [4.69, 9.17) is 5.73 Å². The third-order valence-corrected chi connectivity index (χ3v) is 3.84. The van der Waals surface area contributed by atoms with Gasteiger partial charge in [0.25, 0.3) is 0 Å². The minimum atomic E-state index is -1.19. The molecular weight excluding hydrogens is 308 g/mol. The number of hydrogen-bond acceptors (Lipinski definition) is 4. The van der Waals surface area contributed by atoms with Gasteiger partial charge in [-0.3, -0.25) is 14.6 Å². The Kier molecular flexibility index (Phi) is 5.08. The van der Waals surface area contributed by atoms with Gasteiger partial charge in [-0.25, -0.2) is 4.79 Å². The molecule has 0 spiro atoms. The fraction of sp³-hybridized carbons (Fsp3) is 0.222. The Morgan fingerprint density at radius 2 is 1.96 bits per heavy atom. The lowest BCUT2D eigenvalue weighted by Crippen LogP contribution is -2.21. The first kappa shape index (κ1) is 17.3. The minimum Gasteiger partial charge on any atom is -0.478 e. The fourth-order valence-electron chi connectivity index (χ4n) is 2.76. The molecule has 2 rings (SSSR count). The number of pyridine rings is 1. The molecule has 0 aliphatic heterocycles. The van der Waals surface area contributed by atoms with E-state index in [1.54, 1.807) is 19.1 Å². The number of carbonyl (C=O) groups is 3. The molecule has 6 nitrogen and oxygen atoms in total. The predicted molar refractivity (Wildman–Crippen MR) is 88.3 cm³/mol. The summed E-state index contributed by atoms with van der Waals surface area (Å²) in [7, 11) is 0. The molecule has 3 N–H and O–H groups in total. The summed E-state index contributed by atoms with van der Waals surface area (Å²) in [6.45, 7) is 3.48. The van der Waals surface area contributed by atoms with Crippen molar-refractivity contribution in [2.45, 2.75) is 26.7 Å². The van der Waals surface area contributed by atoms with Crippen LogP contribution in [0.4, 0.5) is 0 Å². The fourth-order valence-corrected chi connectivity index (χ4v) is 2.76. The van der Waals surface area contributed by atoms with Gasteiger partial charge < -0.3 is 10.8 Å². The molecule has 24 heavy (non-hydrogen) atoms. The van der Waals surface area contributed by atoms with Crippen molar-refractivity contribution in [2.75, 3.05) is 0 Å². The molecule has 1 aromatic heterocycles. The number of benzene rings is 1. The van der Waals surface area contributed by atoms with Crippen LogP contribution in [0.3, 0.4) is 0 Å². The standard InChI is InChI=1S/C18H18N2O4/c1-3-5-12-14(18(23)24)8-13(10(2)15(12)17(19)22)16(21)11-6-4-7-20-9-11/h4,6-9H,3,5H2,1-2H3,(H2,19,22)(H,23,24). The van der Waals surface area contributed by atoms with Gasteiger partial charge in [-0.15, -0.1) is 0 Å². The van der Waals surface area contributed by atoms with E-state index in [1.807, 2.05) is 6.92 Å². The number of aromatic carboxylic acids is 1. The van der Waals surface area contributed by atoms with E-state index in [-0.39, 0.29) is 16.7 Å². The molecule has 0 atom stereocenters. The number of amides is 1. The van der Waals surface area contributed by atoms with Gasteiger partial charge >= 0.3 is 5.97 Å². The Bertz CT molecular complexity index is 814. The lowest BCUT2D eigenvalue weighted by Gasteiger charge is -2.16. The summed E-state index contributed by atoms with van der Waals surface area (Å²) in [4.78, 5) is 40.1. The van der Waals surface area contributed by atoms with Gasteiger partial charge in [0, 0.05) is 29.1 Å². The third-order valence-electron chi connectivity index (χ3n) is 3.84. The minimum absolute atomic E-state index is 0.0662. The van der Waals surface area contributed by atoms with Crippen molar-refractivity contribution < 1.29 is 19.5 Å². The highest BCUT2D eigenvalue weighted by Crippen LogP contribution is 2.26. The van der Waals surface area contributed by atoms with Crippen molar-refractivity contribution in [3.05, 3.63) is 64.0 Å². The lowest BCUT2D eigenvalue weighted by molar-refractivity contribution is 0.0695. The van der Waals surface area contributed by atoms with Crippen LogP contribution >= 0.6 is 0 Å². The third kappa shape index (κ3) is 3.17. The number of carbonyl (C=O) groups excluding carboxylic acids is 2. The van der Waals surface area contributed by atoms with Crippen LogP contribution < -0.4 is 5.73 Å². The summed E-state index contributed by atoms with van der Waals surface area (Å²) in [6, 6.07) is 4.52. The Labute approximate surface area is 139 Å². The normalized spacial score (nSPS) is 10.4. The monoisotopic (exact) mass is 326 g/mol. The second-order valence-corrected chi connectivity index (χ2v) is 5.44. The maximum atomic E-state index is 12.7. The summed E-state index contributed by atoms with van der Waals surface area (Å²) in [5.41, 5.74) is 6.74. The topological polar surface area (TPSA) is 110 Å². The van der Waals surface area contributed by atoms with Crippen molar-refractivity contribution >= 4 is 17.7 Å². The van der Waals surface area contributed by atoms with E-state index in [1.165, 1.54) is 18.5 Å². The van der Waals surface area contributed by atoms with Crippen LogP contribution in [0.2, 0.25) is 0 Å². The first-order valence-corrected chi connectivity index (χ1v) is 7.52. The average Bonchev–Trinajstić information content (AvgIpc) is 2.55. The van der Waals surface area contributed by atoms with E-state index in [0.29, 0.717) is 29.5 Å². The number of ketones is 1. The van der Waals surface area contributed by atoms with E-state index in [2.05, 4.69) is 4.98 Å². The maximum Gasteiger partial charge on any atom is 0.336 e. The van der Waals surface area contributed by atoms with E-state index in [0.717, 1.165) is 0 Å². The highest BCUT2D eigenvalue weighted by molar-refractivity contribution is 6.13. The molecule has 0 radical (unpaired) electrons. The van der Waals surface area contributed by atoms with Crippen LogP contribution in [0.1, 0.15) is 61.1 Å². The number of primary amides is 1. The number of hydrogen-bond donors (Lipinski definition) is 2. The molecule has 2 aromatic rings. The van der Waals surface area contributed by atoms with Crippen molar-refractivity contribution in [3.63, 3.8) is 0 Å². The number of nitrogens with zero attached hydrogens (tertiary/aromatic N) is 1. The van der Waals surface area contributed by atoms with Crippen LogP contribution in [0.25, 0.3) is 0 Å². The first-order chi connectivity index (χ1) is 11.4. The molecule has 0 unspecified atom stereocenters. The maximum absolute atomic E-state index is 12.7. The number of aromatic nitrogens is 1. The molecule has 0 aliphatic carbocycles. The van der Waals surface area contributed by atoms with Gasteiger partial charge in [-0.1, -0.05) is 13.3 Å². The van der Waals surface area contributed by atoms with Crippen molar-refractivity contribution in [1.29, 1.82) is 0 Å². The molecule has 1 amide bonds. The van der Waals surface area contributed by atoms with Crippen LogP contribution in [-0.2, 0) is 6.42 Å². The van der Waals surface area contributed by atoms with Crippen molar-refractivity contribution in [2.24, 2.45) is 5.73 Å². The van der Waals surface area contributed by atoms with Crippen LogP contribution in [0, 0.1) is 6.92 Å². The largest absolute Gasteiger partial charge is 0.478 e. The van der Waals surface area contributed by atoms with Crippen LogP contribution in [-0.4, -0.2) is 27.8 Å². The highest BCUT2D eigenvalue weighted by Gasteiger charge is 2.25. The van der Waals surface area contributed by atoms with Gasteiger partial charge in [0.2, 0.25) is 5.91 Å². The molecule has 0 saturated carbocycles. The smallest absolute Gasteiger partial charge is 0.336 e. The second-order valence-electron chi connectivity index (χ2n) is 5.44. The zero-order chi connectivity index (χ0) is 17.9. The summed E-state index contributed by atoms with van der Waals surface area (Å²) in [5.74, 6) is -2.32. The van der Waals surface area contributed by atoms with E-state index >= 15 is 0 Å². The number of nitrogens with two attached hydrogens (primary N) is 1. The quantitative estimate of drug-likeness (QED) is 0.792. The molecule has 0 aliphatic rings. The highest BCUT2D eigenvalue weighted by atomic mass is 16.4. The van der Waals surface area contributed by atoms with Gasteiger partial charge in [0.15, 0.2) is 5.78 Å². The number of carboxylic acids is 1. The van der Waals surface area contributed by atoms with Gasteiger partial charge in [0.05, 0.1) is 5.56 Å². The molecule has 1 heterocycles. The van der Waals surface area contributed by atoms with E-state index < -0.39 is 17.7 Å². The van der Waals surface area contributed by atoms with Crippen molar-refractivity contribution in [3.8, 4) is 0 Å².